The highest BCUT2D eigenvalue weighted by Crippen LogP contribution is 2.25. The zero-order valence-electron chi connectivity index (χ0n) is 14.9. The summed E-state index contributed by atoms with van der Waals surface area (Å²) in [6.45, 7) is -0.385. The van der Waals surface area contributed by atoms with Crippen molar-refractivity contribution in [3.8, 4) is 17.2 Å². The lowest BCUT2D eigenvalue weighted by Gasteiger charge is -2.09. The van der Waals surface area contributed by atoms with Crippen LogP contribution in [0.5, 0.6) is 17.2 Å². The number of rotatable bonds is 8. The molecular formula is C20H20O6. The van der Waals surface area contributed by atoms with Crippen molar-refractivity contribution < 1.29 is 28.5 Å². The Morgan fingerprint density at radius 1 is 0.923 bits per heavy atom. The first-order chi connectivity index (χ1) is 12.6. The fourth-order valence-electron chi connectivity index (χ4n) is 2.20. The van der Waals surface area contributed by atoms with Gasteiger partial charge in [-0.1, -0.05) is 12.1 Å². The van der Waals surface area contributed by atoms with E-state index in [4.69, 9.17) is 18.9 Å². The highest BCUT2D eigenvalue weighted by atomic mass is 16.5. The Morgan fingerprint density at radius 2 is 1.65 bits per heavy atom. The summed E-state index contributed by atoms with van der Waals surface area (Å²) in [7, 11) is 4.54. The molecule has 0 aliphatic heterocycles. The van der Waals surface area contributed by atoms with Crippen molar-refractivity contribution in [2.75, 3.05) is 27.9 Å². The van der Waals surface area contributed by atoms with E-state index >= 15 is 0 Å². The van der Waals surface area contributed by atoms with Gasteiger partial charge in [0, 0.05) is 12.1 Å². The normalized spacial score (nSPS) is 10.4. The molecule has 0 aromatic heterocycles. The third-order valence-corrected chi connectivity index (χ3v) is 3.56. The number of methoxy groups -OCH3 is 3. The van der Waals surface area contributed by atoms with Crippen molar-refractivity contribution in [3.63, 3.8) is 0 Å². The van der Waals surface area contributed by atoms with Crippen LogP contribution in [0.15, 0.2) is 48.5 Å². The molecule has 6 heteroatoms. The van der Waals surface area contributed by atoms with Crippen molar-refractivity contribution in [1.82, 2.24) is 0 Å². The highest BCUT2D eigenvalue weighted by Gasteiger charge is 2.14. The van der Waals surface area contributed by atoms with Crippen molar-refractivity contribution in [1.29, 1.82) is 0 Å². The van der Waals surface area contributed by atoms with Gasteiger partial charge in [-0.25, -0.2) is 4.79 Å². The molecule has 0 fully saturated rings. The standard InChI is InChI=1S/C20H20O6/c1-23-15-6-4-5-14(11-15)7-10-20(22)26-13-18(21)17-9-8-16(24-2)12-19(17)25-3/h4-12H,13H2,1-3H3/b10-7+. The van der Waals surface area contributed by atoms with E-state index in [-0.39, 0.29) is 12.4 Å². The number of carbonyl (C=O) groups is 2. The average Bonchev–Trinajstić information content (AvgIpc) is 2.69. The van der Waals surface area contributed by atoms with E-state index in [2.05, 4.69) is 0 Å². The van der Waals surface area contributed by atoms with E-state index in [1.807, 2.05) is 12.1 Å². The third kappa shape index (κ3) is 5.11. The lowest BCUT2D eigenvalue weighted by molar-refractivity contribution is -0.136. The predicted octanol–water partition coefficient (Wildman–Crippen LogP) is 3.15. The largest absolute Gasteiger partial charge is 0.497 e. The first kappa shape index (κ1) is 19.1. The molecule has 0 heterocycles. The number of ketones is 1. The number of carbonyl (C=O) groups excluding carboxylic acids is 2. The fourth-order valence-corrected chi connectivity index (χ4v) is 2.20. The van der Waals surface area contributed by atoms with E-state index in [0.717, 1.165) is 5.56 Å². The molecule has 0 amide bonds. The van der Waals surface area contributed by atoms with E-state index < -0.39 is 5.97 Å². The lowest BCUT2D eigenvalue weighted by atomic mass is 10.1. The van der Waals surface area contributed by atoms with Crippen molar-refractivity contribution in [3.05, 3.63) is 59.7 Å². The van der Waals surface area contributed by atoms with Crippen LogP contribution in [0.25, 0.3) is 6.08 Å². The molecule has 6 nitrogen and oxygen atoms in total. The monoisotopic (exact) mass is 356 g/mol. The average molecular weight is 356 g/mol. The molecule has 0 saturated heterocycles. The Hall–Kier alpha value is -3.28. The van der Waals surface area contributed by atoms with E-state index in [9.17, 15) is 9.59 Å². The van der Waals surface area contributed by atoms with Crippen LogP contribution in [0.3, 0.4) is 0 Å². The summed E-state index contributed by atoms with van der Waals surface area (Å²) >= 11 is 0. The summed E-state index contributed by atoms with van der Waals surface area (Å²) in [6.07, 6.45) is 2.84. The molecule has 0 radical (unpaired) electrons. The zero-order chi connectivity index (χ0) is 18.9. The van der Waals surface area contributed by atoms with Gasteiger partial charge in [0.25, 0.3) is 0 Å². The Morgan fingerprint density at radius 3 is 2.35 bits per heavy atom. The smallest absolute Gasteiger partial charge is 0.331 e. The minimum atomic E-state index is -0.617. The van der Waals surface area contributed by atoms with Gasteiger partial charge in [0.2, 0.25) is 5.78 Å². The van der Waals surface area contributed by atoms with Gasteiger partial charge < -0.3 is 18.9 Å². The van der Waals surface area contributed by atoms with Gasteiger partial charge in [-0.2, -0.15) is 0 Å². The van der Waals surface area contributed by atoms with Gasteiger partial charge in [0.05, 0.1) is 26.9 Å². The van der Waals surface area contributed by atoms with Crippen LogP contribution in [-0.2, 0) is 9.53 Å². The van der Waals surface area contributed by atoms with Crippen LogP contribution < -0.4 is 14.2 Å². The summed E-state index contributed by atoms with van der Waals surface area (Å²) < 4.78 is 20.4. The van der Waals surface area contributed by atoms with Gasteiger partial charge in [-0.3, -0.25) is 4.79 Å². The molecule has 0 bridgehead atoms. The van der Waals surface area contributed by atoms with Crippen LogP contribution in [-0.4, -0.2) is 39.7 Å². The molecule has 2 aromatic carbocycles. The number of ether oxygens (including phenoxy) is 4. The minimum absolute atomic E-state index is 0.317. The second kappa shape index (κ2) is 9.27. The molecule has 0 aliphatic carbocycles. The van der Waals surface area contributed by atoms with Crippen molar-refractivity contribution in [2.24, 2.45) is 0 Å². The second-order valence-corrected chi connectivity index (χ2v) is 5.21. The van der Waals surface area contributed by atoms with Gasteiger partial charge in [-0.15, -0.1) is 0 Å². The Balaban J connectivity index is 1.96. The summed E-state index contributed by atoms with van der Waals surface area (Å²) in [5.74, 6) is 0.623. The van der Waals surface area contributed by atoms with E-state index in [1.54, 1.807) is 43.5 Å². The summed E-state index contributed by atoms with van der Waals surface area (Å²) in [6, 6.07) is 12.0. The fraction of sp³-hybridized carbons (Fsp3) is 0.200. The Labute approximate surface area is 151 Å². The number of benzene rings is 2. The molecule has 0 spiro atoms. The first-order valence-electron chi connectivity index (χ1n) is 7.81. The summed E-state index contributed by atoms with van der Waals surface area (Å²) in [5.41, 5.74) is 1.10. The van der Waals surface area contributed by atoms with Gasteiger partial charge in [0.1, 0.15) is 17.2 Å². The van der Waals surface area contributed by atoms with Crippen LogP contribution in [0, 0.1) is 0 Å². The Bertz CT molecular complexity index is 810. The maximum absolute atomic E-state index is 12.2. The molecule has 2 aromatic rings. The highest BCUT2D eigenvalue weighted by molar-refractivity contribution is 6.01. The first-order valence-corrected chi connectivity index (χ1v) is 7.81. The Kier molecular flexibility index (Phi) is 6.79. The molecular weight excluding hydrogens is 336 g/mol. The zero-order valence-corrected chi connectivity index (χ0v) is 14.9. The topological polar surface area (TPSA) is 71.1 Å². The number of esters is 1. The molecule has 0 N–H and O–H groups in total. The quantitative estimate of drug-likeness (QED) is 0.411. The second-order valence-electron chi connectivity index (χ2n) is 5.21. The maximum Gasteiger partial charge on any atom is 0.331 e. The third-order valence-electron chi connectivity index (χ3n) is 3.56. The van der Waals surface area contributed by atoms with Crippen LogP contribution >= 0.6 is 0 Å². The number of hydrogen-bond acceptors (Lipinski definition) is 6. The molecule has 2 rings (SSSR count). The van der Waals surface area contributed by atoms with E-state index in [1.165, 1.54) is 20.3 Å². The maximum atomic E-state index is 12.2. The van der Waals surface area contributed by atoms with Crippen molar-refractivity contribution in [2.45, 2.75) is 0 Å². The summed E-state index contributed by atoms with van der Waals surface area (Å²) in [5, 5.41) is 0. The van der Waals surface area contributed by atoms with Crippen LogP contribution in [0.1, 0.15) is 15.9 Å². The molecule has 136 valence electrons. The van der Waals surface area contributed by atoms with Gasteiger partial charge in [-0.05, 0) is 35.9 Å². The summed E-state index contributed by atoms with van der Waals surface area (Å²) in [4.78, 5) is 24.1. The molecule has 26 heavy (non-hydrogen) atoms. The number of Topliss-reactive ketones (excluding diaryl/α,β-unsaturated/α-hetero) is 1. The van der Waals surface area contributed by atoms with Crippen LogP contribution in [0.4, 0.5) is 0 Å². The van der Waals surface area contributed by atoms with Gasteiger partial charge >= 0.3 is 5.97 Å². The molecule has 0 atom stereocenters. The lowest BCUT2D eigenvalue weighted by Crippen LogP contribution is -2.13. The minimum Gasteiger partial charge on any atom is -0.497 e. The van der Waals surface area contributed by atoms with Gasteiger partial charge in [0.15, 0.2) is 6.61 Å². The van der Waals surface area contributed by atoms with Crippen LogP contribution in [0.2, 0.25) is 0 Å². The molecule has 0 saturated carbocycles. The van der Waals surface area contributed by atoms with E-state index in [0.29, 0.717) is 22.8 Å². The SMILES string of the molecule is COc1cccc(/C=C/C(=O)OCC(=O)c2ccc(OC)cc2OC)c1. The molecule has 0 aliphatic rings. The molecule has 0 unspecified atom stereocenters. The van der Waals surface area contributed by atoms with Crippen molar-refractivity contribution >= 4 is 17.8 Å². The number of hydrogen-bond donors (Lipinski definition) is 0. The predicted molar refractivity (Wildman–Crippen MR) is 96.9 cm³/mol.